The minimum absolute atomic E-state index is 0.194. The van der Waals surface area contributed by atoms with Crippen molar-refractivity contribution in [2.45, 2.75) is 38.8 Å². The van der Waals surface area contributed by atoms with E-state index in [0.717, 1.165) is 38.4 Å². The van der Waals surface area contributed by atoms with E-state index in [1.54, 1.807) is 4.90 Å². The molecule has 2 N–H and O–H groups in total. The van der Waals surface area contributed by atoms with Crippen LogP contribution in [0.15, 0.2) is 4.99 Å². The van der Waals surface area contributed by atoms with Gasteiger partial charge in [0.15, 0.2) is 5.96 Å². The zero-order valence-electron chi connectivity index (χ0n) is 11.1. The summed E-state index contributed by atoms with van der Waals surface area (Å²) in [6.45, 7) is 6.72. The molecule has 2 aliphatic heterocycles. The van der Waals surface area contributed by atoms with Crippen LogP contribution in [0.5, 0.6) is 0 Å². The number of carbonyl (C=O) groups excluding carboxylic acids is 1. The van der Waals surface area contributed by atoms with Crippen LogP contribution in [0.3, 0.4) is 0 Å². The topological polar surface area (TPSA) is 66.0 Å². The summed E-state index contributed by atoms with van der Waals surface area (Å²) in [5.74, 6) is 0.900. The van der Waals surface area contributed by atoms with E-state index in [4.69, 9.17) is 4.74 Å². The summed E-state index contributed by atoms with van der Waals surface area (Å²) in [6.07, 6.45) is 1.68. The van der Waals surface area contributed by atoms with Crippen LogP contribution < -0.4 is 10.6 Å². The molecule has 0 bridgehead atoms. The average Bonchev–Trinajstić information content (AvgIpc) is 2.76. The molecule has 0 spiro atoms. The molecule has 0 aromatic heterocycles. The van der Waals surface area contributed by atoms with Crippen molar-refractivity contribution in [3.8, 4) is 0 Å². The number of hydrogen-bond donors (Lipinski definition) is 2. The molecule has 1 amide bonds. The van der Waals surface area contributed by atoms with Crippen LogP contribution in [-0.2, 0) is 4.74 Å². The molecule has 0 radical (unpaired) electrons. The summed E-state index contributed by atoms with van der Waals surface area (Å²) in [5, 5.41) is 6.69. The Labute approximate surface area is 108 Å². The van der Waals surface area contributed by atoms with Gasteiger partial charge >= 0.3 is 6.09 Å². The SMILES string of the molecule is CCOC(=O)N1CCC(NC2=NCC(C)N2)CC1. The second-order valence-electron chi connectivity index (χ2n) is 4.84. The van der Waals surface area contributed by atoms with Crippen LogP contribution >= 0.6 is 0 Å². The van der Waals surface area contributed by atoms with Crippen LogP contribution in [0.25, 0.3) is 0 Å². The molecule has 2 rings (SSSR count). The van der Waals surface area contributed by atoms with Crippen molar-refractivity contribution < 1.29 is 9.53 Å². The maximum atomic E-state index is 11.5. The van der Waals surface area contributed by atoms with Crippen LogP contribution in [0.4, 0.5) is 4.79 Å². The van der Waals surface area contributed by atoms with Crippen LogP contribution in [0.1, 0.15) is 26.7 Å². The Hall–Kier alpha value is -1.46. The van der Waals surface area contributed by atoms with Crippen molar-refractivity contribution >= 4 is 12.1 Å². The first-order valence-corrected chi connectivity index (χ1v) is 6.68. The van der Waals surface area contributed by atoms with Crippen LogP contribution in [-0.4, -0.2) is 55.3 Å². The molecular weight excluding hydrogens is 232 g/mol. The van der Waals surface area contributed by atoms with Crippen molar-refractivity contribution in [3.63, 3.8) is 0 Å². The number of nitrogens with zero attached hydrogens (tertiary/aromatic N) is 2. The Kier molecular flexibility index (Phi) is 4.28. The predicted molar refractivity (Wildman–Crippen MR) is 69.7 cm³/mol. The van der Waals surface area contributed by atoms with Crippen LogP contribution in [0.2, 0.25) is 0 Å². The van der Waals surface area contributed by atoms with Gasteiger partial charge in [-0.25, -0.2) is 4.79 Å². The molecule has 18 heavy (non-hydrogen) atoms. The Bertz CT molecular complexity index is 324. The van der Waals surface area contributed by atoms with Gasteiger partial charge in [0.05, 0.1) is 13.2 Å². The van der Waals surface area contributed by atoms with Crippen molar-refractivity contribution in [2.24, 2.45) is 4.99 Å². The lowest BCUT2D eigenvalue weighted by Gasteiger charge is -2.32. The van der Waals surface area contributed by atoms with Crippen molar-refractivity contribution in [3.05, 3.63) is 0 Å². The summed E-state index contributed by atoms with van der Waals surface area (Å²) < 4.78 is 4.99. The Morgan fingerprint density at radius 1 is 1.56 bits per heavy atom. The first-order valence-electron chi connectivity index (χ1n) is 6.68. The summed E-state index contributed by atoms with van der Waals surface area (Å²) in [4.78, 5) is 17.7. The fourth-order valence-corrected chi connectivity index (χ4v) is 2.25. The van der Waals surface area contributed by atoms with E-state index >= 15 is 0 Å². The minimum atomic E-state index is -0.194. The van der Waals surface area contributed by atoms with E-state index in [1.165, 1.54) is 0 Å². The van der Waals surface area contributed by atoms with E-state index in [0.29, 0.717) is 18.7 Å². The predicted octanol–water partition coefficient (Wildman–Crippen LogP) is 0.545. The third kappa shape index (κ3) is 3.27. The Balaban J connectivity index is 1.72. The molecule has 0 saturated carbocycles. The molecule has 2 heterocycles. The van der Waals surface area contributed by atoms with Crippen molar-refractivity contribution in [1.82, 2.24) is 15.5 Å². The molecule has 1 saturated heterocycles. The smallest absolute Gasteiger partial charge is 0.409 e. The van der Waals surface area contributed by atoms with Gasteiger partial charge in [-0.15, -0.1) is 0 Å². The fourth-order valence-electron chi connectivity index (χ4n) is 2.25. The third-order valence-corrected chi connectivity index (χ3v) is 3.27. The third-order valence-electron chi connectivity index (χ3n) is 3.27. The van der Waals surface area contributed by atoms with E-state index in [9.17, 15) is 4.79 Å². The molecule has 6 heteroatoms. The van der Waals surface area contributed by atoms with Gasteiger partial charge in [-0.2, -0.15) is 0 Å². The van der Waals surface area contributed by atoms with Gasteiger partial charge in [-0.05, 0) is 26.7 Å². The number of likely N-dealkylation sites (tertiary alicyclic amines) is 1. The summed E-state index contributed by atoms with van der Waals surface area (Å²) >= 11 is 0. The molecule has 1 atom stereocenters. The second kappa shape index (κ2) is 5.93. The second-order valence-corrected chi connectivity index (χ2v) is 4.84. The summed E-state index contributed by atoms with van der Waals surface area (Å²) in [7, 11) is 0. The first-order chi connectivity index (χ1) is 8.69. The largest absolute Gasteiger partial charge is 0.450 e. The lowest BCUT2D eigenvalue weighted by molar-refractivity contribution is 0.0963. The lowest BCUT2D eigenvalue weighted by atomic mass is 10.1. The van der Waals surface area contributed by atoms with E-state index in [-0.39, 0.29) is 6.09 Å². The highest BCUT2D eigenvalue weighted by molar-refractivity contribution is 5.82. The van der Waals surface area contributed by atoms with Crippen molar-refractivity contribution in [1.29, 1.82) is 0 Å². The van der Waals surface area contributed by atoms with Gasteiger partial charge in [0.2, 0.25) is 0 Å². The number of guanidine groups is 1. The van der Waals surface area contributed by atoms with Gasteiger partial charge in [-0.3, -0.25) is 4.99 Å². The van der Waals surface area contributed by atoms with Crippen LogP contribution in [0, 0.1) is 0 Å². The number of amides is 1. The van der Waals surface area contributed by atoms with E-state index < -0.39 is 0 Å². The molecular formula is C12H22N4O2. The number of nitrogens with one attached hydrogen (secondary N) is 2. The molecule has 2 aliphatic rings. The Morgan fingerprint density at radius 3 is 2.83 bits per heavy atom. The van der Waals surface area contributed by atoms with Crippen molar-refractivity contribution in [2.75, 3.05) is 26.2 Å². The maximum Gasteiger partial charge on any atom is 0.409 e. The molecule has 6 nitrogen and oxygen atoms in total. The highest BCUT2D eigenvalue weighted by Gasteiger charge is 2.25. The molecule has 0 aromatic rings. The average molecular weight is 254 g/mol. The van der Waals surface area contributed by atoms with Gasteiger partial charge in [-0.1, -0.05) is 0 Å². The van der Waals surface area contributed by atoms with Gasteiger partial charge in [0.1, 0.15) is 0 Å². The number of ether oxygens (including phenoxy) is 1. The number of carbonyl (C=O) groups is 1. The summed E-state index contributed by atoms with van der Waals surface area (Å²) in [6, 6.07) is 0.819. The number of piperidine rings is 1. The van der Waals surface area contributed by atoms with Gasteiger partial charge in [0.25, 0.3) is 0 Å². The fraction of sp³-hybridized carbons (Fsp3) is 0.833. The highest BCUT2D eigenvalue weighted by Crippen LogP contribution is 2.11. The van der Waals surface area contributed by atoms with E-state index in [1.807, 2.05) is 6.92 Å². The normalized spacial score (nSPS) is 24.4. The molecule has 1 unspecified atom stereocenters. The quantitative estimate of drug-likeness (QED) is 0.755. The number of rotatable bonds is 2. The number of aliphatic imine (C=N–C) groups is 1. The molecule has 0 aliphatic carbocycles. The molecule has 1 fully saturated rings. The standard InChI is InChI=1S/C12H22N4O2/c1-3-18-12(17)16-6-4-10(5-7-16)15-11-13-8-9(2)14-11/h9-10H,3-8H2,1-2H3,(H2,13,14,15). The van der Waals surface area contributed by atoms with Gasteiger partial charge < -0.3 is 20.3 Å². The highest BCUT2D eigenvalue weighted by atomic mass is 16.6. The Morgan fingerprint density at radius 2 is 2.28 bits per heavy atom. The first kappa shape index (κ1) is 13.0. The zero-order chi connectivity index (χ0) is 13.0. The lowest BCUT2D eigenvalue weighted by Crippen LogP contribution is -2.49. The minimum Gasteiger partial charge on any atom is -0.450 e. The van der Waals surface area contributed by atoms with Gasteiger partial charge in [0, 0.05) is 25.2 Å². The molecule has 102 valence electrons. The summed E-state index contributed by atoms with van der Waals surface area (Å²) in [5.41, 5.74) is 0. The monoisotopic (exact) mass is 254 g/mol. The molecule has 0 aromatic carbocycles. The maximum absolute atomic E-state index is 11.5. The zero-order valence-corrected chi connectivity index (χ0v) is 11.1. The van der Waals surface area contributed by atoms with E-state index in [2.05, 4.69) is 22.5 Å². The number of hydrogen-bond acceptors (Lipinski definition) is 5.